The molecule has 31 heavy (non-hydrogen) atoms. The third-order valence-electron chi connectivity index (χ3n) is 5.48. The molecule has 0 radical (unpaired) electrons. The van der Waals surface area contributed by atoms with E-state index in [1.807, 2.05) is 26.0 Å². The minimum absolute atomic E-state index is 0.0458. The molecule has 3 aromatic rings. The van der Waals surface area contributed by atoms with Crippen molar-refractivity contribution in [3.05, 3.63) is 47.3 Å². The van der Waals surface area contributed by atoms with E-state index in [0.717, 1.165) is 16.8 Å². The van der Waals surface area contributed by atoms with Crippen LogP contribution >= 0.6 is 0 Å². The number of nitrogens with zero attached hydrogens (tertiary/aromatic N) is 3. The molecule has 162 valence electrons. The van der Waals surface area contributed by atoms with E-state index in [2.05, 4.69) is 16.2 Å². The second-order valence-electron chi connectivity index (χ2n) is 7.57. The van der Waals surface area contributed by atoms with Crippen LogP contribution in [0.15, 0.2) is 34.9 Å². The van der Waals surface area contributed by atoms with Gasteiger partial charge in [-0.05, 0) is 37.6 Å². The molecule has 2 heterocycles. The first-order valence-electron chi connectivity index (χ1n) is 9.96. The molecule has 0 unspecified atom stereocenters. The van der Waals surface area contributed by atoms with Gasteiger partial charge in [0, 0.05) is 24.2 Å². The second kappa shape index (κ2) is 8.29. The molecule has 1 amide bonds. The zero-order valence-electron chi connectivity index (χ0n) is 18.3. The molecule has 0 bridgehead atoms. The SMILES string of the molecule is COc1cc(-c2noc([C@H]3CC(=O)N(c4ccc(C)cc4C)C3)n2)cc(OC)c1OC. The van der Waals surface area contributed by atoms with Gasteiger partial charge in [0.05, 0.1) is 27.2 Å². The molecular weight excluding hydrogens is 398 g/mol. The van der Waals surface area contributed by atoms with E-state index >= 15 is 0 Å². The van der Waals surface area contributed by atoms with Gasteiger partial charge in [-0.15, -0.1) is 0 Å². The summed E-state index contributed by atoms with van der Waals surface area (Å²) in [6.45, 7) is 4.55. The maximum atomic E-state index is 12.7. The molecule has 0 N–H and O–H groups in total. The summed E-state index contributed by atoms with van der Waals surface area (Å²) in [6.07, 6.45) is 0.324. The van der Waals surface area contributed by atoms with Gasteiger partial charge in [-0.2, -0.15) is 4.98 Å². The summed E-state index contributed by atoms with van der Waals surface area (Å²) in [5, 5.41) is 4.12. The predicted molar refractivity (Wildman–Crippen MR) is 115 cm³/mol. The molecule has 1 aliphatic rings. The van der Waals surface area contributed by atoms with Crippen LogP contribution in [0.3, 0.4) is 0 Å². The maximum Gasteiger partial charge on any atom is 0.232 e. The molecule has 0 spiro atoms. The van der Waals surface area contributed by atoms with Crippen molar-refractivity contribution in [2.75, 3.05) is 32.8 Å². The Morgan fingerprint density at radius 2 is 1.74 bits per heavy atom. The zero-order chi connectivity index (χ0) is 22.1. The van der Waals surface area contributed by atoms with Gasteiger partial charge in [-0.3, -0.25) is 4.79 Å². The lowest BCUT2D eigenvalue weighted by molar-refractivity contribution is -0.117. The summed E-state index contributed by atoms with van der Waals surface area (Å²) < 4.78 is 21.7. The molecule has 1 atom stereocenters. The van der Waals surface area contributed by atoms with Gasteiger partial charge in [-0.1, -0.05) is 22.9 Å². The molecule has 1 fully saturated rings. The Morgan fingerprint density at radius 1 is 1.03 bits per heavy atom. The van der Waals surface area contributed by atoms with Crippen LogP contribution < -0.4 is 19.1 Å². The van der Waals surface area contributed by atoms with E-state index < -0.39 is 0 Å². The highest BCUT2D eigenvalue weighted by Gasteiger charge is 2.35. The largest absolute Gasteiger partial charge is 0.493 e. The Hall–Kier alpha value is -3.55. The maximum absolute atomic E-state index is 12.7. The number of hydrogen-bond donors (Lipinski definition) is 0. The van der Waals surface area contributed by atoms with Crippen LogP contribution in [0.2, 0.25) is 0 Å². The number of methoxy groups -OCH3 is 3. The number of aryl methyl sites for hydroxylation is 2. The van der Waals surface area contributed by atoms with E-state index in [1.165, 1.54) is 0 Å². The third kappa shape index (κ3) is 3.81. The number of carbonyl (C=O) groups excluding carboxylic acids is 1. The number of amides is 1. The first-order chi connectivity index (χ1) is 14.9. The van der Waals surface area contributed by atoms with Crippen molar-refractivity contribution < 1.29 is 23.5 Å². The van der Waals surface area contributed by atoms with Gasteiger partial charge < -0.3 is 23.6 Å². The number of benzene rings is 2. The number of aromatic nitrogens is 2. The van der Waals surface area contributed by atoms with Crippen LogP contribution in [0.5, 0.6) is 17.2 Å². The topological polar surface area (TPSA) is 86.9 Å². The summed E-state index contributed by atoms with van der Waals surface area (Å²) in [7, 11) is 4.65. The summed E-state index contributed by atoms with van der Waals surface area (Å²) in [5.74, 6) is 2.19. The number of carbonyl (C=O) groups is 1. The van der Waals surface area contributed by atoms with Gasteiger partial charge in [0.25, 0.3) is 0 Å². The van der Waals surface area contributed by atoms with Crippen LogP contribution in [-0.4, -0.2) is 43.9 Å². The zero-order valence-corrected chi connectivity index (χ0v) is 18.3. The highest BCUT2D eigenvalue weighted by molar-refractivity contribution is 5.97. The Balaban J connectivity index is 1.60. The fraction of sp³-hybridized carbons (Fsp3) is 0.348. The minimum atomic E-state index is -0.170. The Kier molecular flexibility index (Phi) is 5.54. The lowest BCUT2D eigenvalue weighted by Crippen LogP contribution is -2.25. The average Bonchev–Trinajstić information content (AvgIpc) is 3.40. The molecule has 0 aliphatic carbocycles. The highest BCUT2D eigenvalue weighted by Crippen LogP contribution is 2.41. The number of anilines is 1. The molecule has 0 saturated carbocycles. The molecular formula is C23H25N3O5. The second-order valence-corrected chi connectivity index (χ2v) is 7.57. The first-order valence-corrected chi connectivity index (χ1v) is 9.96. The first kappa shape index (κ1) is 20.7. The summed E-state index contributed by atoms with van der Waals surface area (Å²) in [6, 6.07) is 9.60. The number of hydrogen-bond acceptors (Lipinski definition) is 7. The molecule has 8 heteroatoms. The highest BCUT2D eigenvalue weighted by atomic mass is 16.5. The summed E-state index contributed by atoms with van der Waals surface area (Å²) in [5.41, 5.74) is 3.82. The van der Waals surface area contributed by atoms with Crippen molar-refractivity contribution in [3.8, 4) is 28.6 Å². The lowest BCUT2D eigenvalue weighted by atomic mass is 10.1. The van der Waals surface area contributed by atoms with E-state index in [-0.39, 0.29) is 11.8 Å². The third-order valence-corrected chi connectivity index (χ3v) is 5.48. The van der Waals surface area contributed by atoms with Crippen molar-refractivity contribution in [3.63, 3.8) is 0 Å². The van der Waals surface area contributed by atoms with Crippen molar-refractivity contribution >= 4 is 11.6 Å². The standard InChI is InChI=1S/C23H25N3O5/c1-13-6-7-17(14(2)8-13)26-12-16(11-20(26)27)23-24-22(25-31-23)15-9-18(28-3)21(30-5)19(10-15)29-4/h6-10,16H,11-12H2,1-5H3/t16-/m0/s1. The fourth-order valence-electron chi connectivity index (χ4n) is 3.94. The summed E-state index contributed by atoms with van der Waals surface area (Å²) >= 11 is 0. The van der Waals surface area contributed by atoms with Gasteiger partial charge in [-0.25, -0.2) is 0 Å². The van der Waals surface area contributed by atoms with E-state index in [1.54, 1.807) is 38.4 Å². The molecule has 2 aromatic carbocycles. The minimum Gasteiger partial charge on any atom is -0.493 e. The van der Waals surface area contributed by atoms with E-state index in [4.69, 9.17) is 18.7 Å². The normalized spacial score (nSPS) is 16.0. The van der Waals surface area contributed by atoms with E-state index in [0.29, 0.717) is 47.5 Å². The smallest absolute Gasteiger partial charge is 0.232 e. The van der Waals surface area contributed by atoms with Crippen LogP contribution in [0.25, 0.3) is 11.4 Å². The quantitative estimate of drug-likeness (QED) is 0.594. The number of rotatable bonds is 6. The van der Waals surface area contributed by atoms with Crippen LogP contribution in [-0.2, 0) is 4.79 Å². The molecule has 8 nitrogen and oxygen atoms in total. The Morgan fingerprint density at radius 3 is 2.35 bits per heavy atom. The number of ether oxygens (including phenoxy) is 3. The Labute approximate surface area is 180 Å². The van der Waals surface area contributed by atoms with Gasteiger partial charge >= 0.3 is 0 Å². The molecule has 1 aromatic heterocycles. The van der Waals surface area contributed by atoms with Crippen molar-refractivity contribution in [1.82, 2.24) is 10.1 Å². The fourth-order valence-corrected chi connectivity index (χ4v) is 3.94. The average molecular weight is 423 g/mol. The van der Waals surface area contributed by atoms with Crippen molar-refractivity contribution in [2.24, 2.45) is 0 Å². The van der Waals surface area contributed by atoms with Gasteiger partial charge in [0.15, 0.2) is 11.5 Å². The van der Waals surface area contributed by atoms with Gasteiger partial charge in [0.2, 0.25) is 23.4 Å². The van der Waals surface area contributed by atoms with Crippen LogP contribution in [0.4, 0.5) is 5.69 Å². The van der Waals surface area contributed by atoms with E-state index in [9.17, 15) is 4.79 Å². The van der Waals surface area contributed by atoms with Crippen molar-refractivity contribution in [1.29, 1.82) is 0 Å². The van der Waals surface area contributed by atoms with Crippen LogP contribution in [0, 0.1) is 13.8 Å². The molecule has 1 aliphatic heterocycles. The Bertz CT molecular complexity index is 1100. The molecule has 1 saturated heterocycles. The predicted octanol–water partition coefficient (Wildman–Crippen LogP) is 3.90. The van der Waals surface area contributed by atoms with Crippen LogP contribution in [0.1, 0.15) is 29.4 Å². The van der Waals surface area contributed by atoms with Gasteiger partial charge in [0.1, 0.15) is 0 Å². The lowest BCUT2D eigenvalue weighted by Gasteiger charge is -2.19. The summed E-state index contributed by atoms with van der Waals surface area (Å²) in [4.78, 5) is 19.1. The monoisotopic (exact) mass is 423 g/mol. The molecule has 4 rings (SSSR count). The van der Waals surface area contributed by atoms with Crippen molar-refractivity contribution in [2.45, 2.75) is 26.2 Å².